The minimum absolute atomic E-state index is 0.115. The largest absolute Gasteiger partial charge is 0.492 e. The predicted molar refractivity (Wildman–Crippen MR) is 72.6 cm³/mol. The highest BCUT2D eigenvalue weighted by atomic mass is 19.1. The lowest BCUT2D eigenvalue weighted by atomic mass is 10.2. The Hall–Kier alpha value is -2.63. The van der Waals surface area contributed by atoms with E-state index in [9.17, 15) is 14.0 Å². The van der Waals surface area contributed by atoms with Crippen LogP contribution in [0.15, 0.2) is 41.2 Å². The van der Waals surface area contributed by atoms with Crippen molar-refractivity contribution in [2.75, 3.05) is 11.9 Å². The second-order valence-corrected chi connectivity index (χ2v) is 3.96. The number of carbonyl (C=O) groups is 1. The first-order valence-corrected chi connectivity index (χ1v) is 6.03. The zero-order valence-corrected chi connectivity index (χ0v) is 10.8. The van der Waals surface area contributed by atoms with E-state index in [0.717, 1.165) is 0 Å². The first-order valence-electron chi connectivity index (χ1n) is 6.03. The highest BCUT2D eigenvalue weighted by Crippen LogP contribution is 2.25. The minimum atomic E-state index is -0.504. The summed E-state index contributed by atoms with van der Waals surface area (Å²) < 4.78 is 18.4. The van der Waals surface area contributed by atoms with Crippen LogP contribution in [0.2, 0.25) is 0 Å². The van der Waals surface area contributed by atoms with Gasteiger partial charge in [-0.1, -0.05) is 6.07 Å². The van der Waals surface area contributed by atoms with Crippen molar-refractivity contribution in [1.29, 1.82) is 0 Å². The fourth-order valence-corrected chi connectivity index (χ4v) is 1.64. The Morgan fingerprint density at radius 1 is 1.35 bits per heavy atom. The Morgan fingerprint density at radius 2 is 2.15 bits per heavy atom. The smallest absolute Gasteiger partial charge is 0.272 e. The lowest BCUT2D eigenvalue weighted by molar-refractivity contribution is 0.102. The Balaban J connectivity index is 2.25. The van der Waals surface area contributed by atoms with Gasteiger partial charge >= 0.3 is 0 Å². The number of pyridine rings is 1. The van der Waals surface area contributed by atoms with E-state index in [2.05, 4.69) is 10.3 Å². The summed E-state index contributed by atoms with van der Waals surface area (Å²) in [5, 5.41) is 2.57. The van der Waals surface area contributed by atoms with Gasteiger partial charge in [-0.25, -0.2) is 4.39 Å². The van der Waals surface area contributed by atoms with E-state index in [1.54, 1.807) is 6.92 Å². The summed E-state index contributed by atoms with van der Waals surface area (Å²) in [6.07, 6.45) is 0. The molecule has 0 radical (unpaired) electrons. The highest BCUT2D eigenvalue weighted by molar-refractivity contribution is 6.03. The monoisotopic (exact) mass is 276 g/mol. The number of anilines is 1. The molecule has 0 aliphatic carbocycles. The van der Waals surface area contributed by atoms with Crippen molar-refractivity contribution in [2.45, 2.75) is 6.92 Å². The zero-order valence-electron chi connectivity index (χ0n) is 10.8. The van der Waals surface area contributed by atoms with E-state index in [1.165, 1.54) is 36.4 Å². The number of benzene rings is 1. The van der Waals surface area contributed by atoms with Crippen LogP contribution in [0.4, 0.5) is 10.1 Å². The van der Waals surface area contributed by atoms with E-state index in [1.807, 2.05) is 0 Å². The standard InChI is InChI=1S/C14H13FN2O3/c1-2-20-12-8-9(15)6-7-10(12)17-14(19)11-4-3-5-13(18)16-11/h3-8H,2H2,1H3,(H,16,18)(H,17,19). The van der Waals surface area contributed by atoms with Gasteiger partial charge in [0, 0.05) is 12.1 Å². The summed E-state index contributed by atoms with van der Waals surface area (Å²) in [6, 6.07) is 8.06. The third-order valence-corrected chi connectivity index (χ3v) is 2.50. The van der Waals surface area contributed by atoms with E-state index >= 15 is 0 Å². The normalized spacial score (nSPS) is 10.1. The van der Waals surface area contributed by atoms with Crippen LogP contribution >= 0.6 is 0 Å². The van der Waals surface area contributed by atoms with Crippen molar-refractivity contribution in [3.8, 4) is 5.75 Å². The summed E-state index contributed by atoms with van der Waals surface area (Å²) in [5.74, 6) is -0.728. The van der Waals surface area contributed by atoms with Crippen molar-refractivity contribution < 1.29 is 13.9 Å². The first-order chi connectivity index (χ1) is 9.60. The predicted octanol–water partition coefficient (Wildman–Crippen LogP) is 2.16. The van der Waals surface area contributed by atoms with Crippen molar-refractivity contribution in [1.82, 2.24) is 4.98 Å². The maximum atomic E-state index is 13.1. The molecule has 1 aromatic carbocycles. The average Bonchev–Trinajstić information content (AvgIpc) is 2.42. The molecule has 0 atom stereocenters. The number of ether oxygens (including phenoxy) is 1. The lowest BCUT2D eigenvalue weighted by Crippen LogP contribution is -2.18. The third kappa shape index (κ3) is 3.23. The summed E-state index contributed by atoms with van der Waals surface area (Å²) in [5.41, 5.74) is 0.0778. The molecule has 5 nitrogen and oxygen atoms in total. The molecule has 1 aromatic heterocycles. The fourth-order valence-electron chi connectivity index (χ4n) is 1.64. The Kier molecular flexibility index (Phi) is 4.14. The fraction of sp³-hybridized carbons (Fsp3) is 0.143. The first kappa shape index (κ1) is 13.8. The second kappa shape index (κ2) is 6.01. The van der Waals surface area contributed by atoms with Crippen molar-refractivity contribution in [3.05, 3.63) is 58.3 Å². The molecule has 0 fully saturated rings. The molecule has 0 aliphatic rings. The number of carbonyl (C=O) groups excluding carboxylic acids is 1. The minimum Gasteiger partial charge on any atom is -0.492 e. The number of nitrogens with one attached hydrogen (secondary N) is 2. The van der Waals surface area contributed by atoms with Gasteiger partial charge in [0.15, 0.2) is 0 Å². The van der Waals surface area contributed by atoms with E-state index < -0.39 is 11.7 Å². The molecule has 6 heteroatoms. The van der Waals surface area contributed by atoms with Gasteiger partial charge in [-0.2, -0.15) is 0 Å². The molecule has 2 N–H and O–H groups in total. The molecule has 0 saturated carbocycles. The second-order valence-electron chi connectivity index (χ2n) is 3.96. The van der Waals surface area contributed by atoms with Crippen LogP contribution in [-0.2, 0) is 0 Å². The molecule has 2 rings (SSSR count). The molecule has 0 bridgehead atoms. The molecular weight excluding hydrogens is 263 g/mol. The summed E-state index contributed by atoms with van der Waals surface area (Å²) >= 11 is 0. The molecule has 2 aromatic rings. The topological polar surface area (TPSA) is 71.2 Å². The number of aromatic amines is 1. The number of halogens is 1. The maximum Gasteiger partial charge on any atom is 0.272 e. The van der Waals surface area contributed by atoms with Gasteiger partial charge in [0.2, 0.25) is 5.56 Å². The van der Waals surface area contributed by atoms with Gasteiger partial charge in [0.1, 0.15) is 17.3 Å². The van der Waals surface area contributed by atoms with Crippen LogP contribution in [0.3, 0.4) is 0 Å². The van der Waals surface area contributed by atoms with E-state index in [-0.39, 0.29) is 17.0 Å². The van der Waals surface area contributed by atoms with Crippen LogP contribution in [0.5, 0.6) is 5.75 Å². The van der Waals surface area contributed by atoms with Crippen LogP contribution in [0, 0.1) is 5.82 Å². The van der Waals surface area contributed by atoms with Crippen LogP contribution in [0.25, 0.3) is 0 Å². The SMILES string of the molecule is CCOc1cc(F)ccc1NC(=O)c1cccc(=O)[nH]1. The molecule has 0 saturated heterocycles. The molecule has 1 heterocycles. The number of hydrogen-bond acceptors (Lipinski definition) is 3. The van der Waals surface area contributed by atoms with Gasteiger partial charge < -0.3 is 15.0 Å². The molecule has 20 heavy (non-hydrogen) atoms. The zero-order chi connectivity index (χ0) is 14.5. The molecule has 1 amide bonds. The summed E-state index contributed by atoms with van der Waals surface area (Å²) in [7, 11) is 0. The van der Waals surface area contributed by atoms with Crippen molar-refractivity contribution in [3.63, 3.8) is 0 Å². The summed E-state index contributed by atoms with van der Waals surface area (Å²) in [6.45, 7) is 2.10. The molecule has 104 valence electrons. The number of hydrogen-bond donors (Lipinski definition) is 2. The van der Waals surface area contributed by atoms with E-state index in [0.29, 0.717) is 12.3 Å². The highest BCUT2D eigenvalue weighted by Gasteiger charge is 2.11. The van der Waals surface area contributed by atoms with Crippen LogP contribution < -0.4 is 15.6 Å². The summed E-state index contributed by atoms with van der Waals surface area (Å²) in [4.78, 5) is 25.5. The number of H-pyrrole nitrogens is 1. The van der Waals surface area contributed by atoms with Crippen LogP contribution in [0.1, 0.15) is 17.4 Å². The third-order valence-electron chi connectivity index (χ3n) is 2.50. The average molecular weight is 276 g/mol. The molecule has 0 spiro atoms. The van der Waals surface area contributed by atoms with Gasteiger partial charge in [-0.3, -0.25) is 9.59 Å². The molecule has 0 aliphatic heterocycles. The molecular formula is C14H13FN2O3. The van der Waals surface area contributed by atoms with Gasteiger partial charge in [-0.15, -0.1) is 0 Å². The lowest BCUT2D eigenvalue weighted by Gasteiger charge is -2.11. The van der Waals surface area contributed by atoms with E-state index in [4.69, 9.17) is 4.74 Å². The number of rotatable bonds is 4. The quantitative estimate of drug-likeness (QED) is 0.899. The van der Waals surface area contributed by atoms with Gasteiger partial charge in [-0.05, 0) is 25.1 Å². The molecule has 0 unspecified atom stereocenters. The number of amides is 1. The van der Waals surface area contributed by atoms with Crippen molar-refractivity contribution in [2.24, 2.45) is 0 Å². The Morgan fingerprint density at radius 3 is 2.85 bits per heavy atom. The maximum absolute atomic E-state index is 13.1. The van der Waals surface area contributed by atoms with Crippen molar-refractivity contribution >= 4 is 11.6 Å². The Bertz CT molecular complexity index is 682. The van der Waals surface area contributed by atoms with Gasteiger partial charge in [0.25, 0.3) is 5.91 Å². The van der Waals surface area contributed by atoms with Crippen LogP contribution in [-0.4, -0.2) is 17.5 Å². The number of aromatic nitrogens is 1. The Labute approximate surface area is 114 Å². The van der Waals surface area contributed by atoms with Gasteiger partial charge in [0.05, 0.1) is 12.3 Å².